The lowest BCUT2D eigenvalue weighted by molar-refractivity contribution is 0.104. The lowest BCUT2D eigenvalue weighted by atomic mass is 9.96. The molecule has 1 aliphatic heterocycles. The van der Waals surface area contributed by atoms with Crippen LogP contribution in [-0.2, 0) is 0 Å². The molecule has 5 nitrogen and oxygen atoms in total. The third-order valence-electron chi connectivity index (χ3n) is 4.28. The predicted molar refractivity (Wildman–Crippen MR) is 105 cm³/mol. The van der Waals surface area contributed by atoms with Crippen LogP contribution in [0.4, 0.5) is 0 Å². The SMILES string of the molecule is COc1cc2c(c(OC)c1C(=O)/C=C(\O)c1ccccc1)C=CC(C)(C)O2. The fraction of sp³-hybridized carbons (Fsp3) is 0.227. The summed E-state index contributed by atoms with van der Waals surface area (Å²) in [6, 6.07) is 10.5. The summed E-state index contributed by atoms with van der Waals surface area (Å²) in [5, 5.41) is 10.3. The molecule has 0 unspecified atom stereocenters. The second-order valence-corrected chi connectivity index (χ2v) is 6.70. The van der Waals surface area contributed by atoms with Crippen molar-refractivity contribution < 1.29 is 24.1 Å². The van der Waals surface area contributed by atoms with Crippen molar-refractivity contribution in [3.8, 4) is 17.2 Å². The molecule has 0 amide bonds. The molecule has 0 aromatic heterocycles. The van der Waals surface area contributed by atoms with E-state index in [-0.39, 0.29) is 11.3 Å². The van der Waals surface area contributed by atoms with Gasteiger partial charge in [0.25, 0.3) is 0 Å². The highest BCUT2D eigenvalue weighted by Gasteiger charge is 2.29. The number of hydrogen-bond donors (Lipinski definition) is 1. The Labute approximate surface area is 158 Å². The molecule has 0 saturated carbocycles. The number of fused-ring (bicyclic) bond motifs is 1. The molecule has 0 fully saturated rings. The molecule has 2 aromatic carbocycles. The number of allylic oxidation sites excluding steroid dienone is 1. The Balaban J connectivity index is 2.11. The Morgan fingerprint density at radius 1 is 1.15 bits per heavy atom. The van der Waals surface area contributed by atoms with E-state index >= 15 is 0 Å². The Morgan fingerprint density at radius 2 is 1.85 bits per heavy atom. The molecular weight excluding hydrogens is 344 g/mol. The topological polar surface area (TPSA) is 65.0 Å². The number of methoxy groups -OCH3 is 2. The normalized spacial score (nSPS) is 14.9. The Morgan fingerprint density at radius 3 is 2.48 bits per heavy atom. The van der Waals surface area contributed by atoms with Crippen LogP contribution in [0.5, 0.6) is 17.2 Å². The lowest BCUT2D eigenvalue weighted by Crippen LogP contribution is -2.27. The predicted octanol–water partition coefficient (Wildman–Crippen LogP) is 4.67. The monoisotopic (exact) mass is 366 g/mol. The molecule has 140 valence electrons. The van der Waals surface area contributed by atoms with E-state index in [0.717, 1.165) is 0 Å². The minimum atomic E-state index is -0.472. The summed E-state index contributed by atoms with van der Waals surface area (Å²) in [4.78, 5) is 12.9. The van der Waals surface area contributed by atoms with E-state index in [0.29, 0.717) is 28.4 Å². The molecule has 1 N–H and O–H groups in total. The molecule has 5 heteroatoms. The van der Waals surface area contributed by atoms with E-state index in [4.69, 9.17) is 14.2 Å². The van der Waals surface area contributed by atoms with Crippen LogP contribution >= 0.6 is 0 Å². The number of rotatable bonds is 5. The van der Waals surface area contributed by atoms with Gasteiger partial charge in [0.2, 0.25) is 0 Å². The molecule has 1 heterocycles. The summed E-state index contributed by atoms with van der Waals surface area (Å²) in [6.07, 6.45) is 4.93. The summed E-state index contributed by atoms with van der Waals surface area (Å²) in [5.41, 5.74) is 0.967. The summed E-state index contributed by atoms with van der Waals surface area (Å²) < 4.78 is 16.9. The molecular formula is C22H22O5. The number of ketones is 1. The molecule has 0 saturated heterocycles. The molecule has 1 aliphatic rings. The van der Waals surface area contributed by atoms with Crippen LogP contribution in [0.2, 0.25) is 0 Å². The quantitative estimate of drug-likeness (QED) is 0.473. The first kappa shape index (κ1) is 18.6. The second-order valence-electron chi connectivity index (χ2n) is 6.70. The van der Waals surface area contributed by atoms with Crippen LogP contribution in [0.1, 0.15) is 35.3 Å². The Bertz CT molecular complexity index is 923. The van der Waals surface area contributed by atoms with Gasteiger partial charge in [-0.25, -0.2) is 0 Å². The van der Waals surface area contributed by atoms with Crippen molar-refractivity contribution in [2.75, 3.05) is 14.2 Å². The van der Waals surface area contributed by atoms with Crippen molar-refractivity contribution in [3.63, 3.8) is 0 Å². The van der Waals surface area contributed by atoms with Crippen LogP contribution in [0, 0.1) is 0 Å². The minimum absolute atomic E-state index is 0.129. The first-order chi connectivity index (χ1) is 12.9. The van der Waals surface area contributed by atoms with Gasteiger partial charge in [-0.05, 0) is 26.0 Å². The van der Waals surface area contributed by atoms with Gasteiger partial charge in [-0.15, -0.1) is 0 Å². The first-order valence-corrected chi connectivity index (χ1v) is 8.54. The van der Waals surface area contributed by atoms with Crippen molar-refractivity contribution in [2.45, 2.75) is 19.4 Å². The first-order valence-electron chi connectivity index (χ1n) is 8.54. The highest BCUT2D eigenvalue weighted by molar-refractivity contribution is 6.12. The zero-order valence-corrected chi connectivity index (χ0v) is 15.8. The average molecular weight is 366 g/mol. The van der Waals surface area contributed by atoms with Crippen LogP contribution in [0.15, 0.2) is 48.6 Å². The zero-order valence-electron chi connectivity index (χ0n) is 15.8. The number of carbonyl (C=O) groups is 1. The fourth-order valence-electron chi connectivity index (χ4n) is 2.97. The molecule has 0 bridgehead atoms. The maximum absolute atomic E-state index is 12.9. The van der Waals surface area contributed by atoms with Gasteiger partial charge in [-0.2, -0.15) is 0 Å². The highest BCUT2D eigenvalue weighted by atomic mass is 16.5. The largest absolute Gasteiger partial charge is 0.507 e. The van der Waals surface area contributed by atoms with Crippen LogP contribution in [0.3, 0.4) is 0 Å². The number of aliphatic hydroxyl groups is 1. The van der Waals surface area contributed by atoms with Gasteiger partial charge in [-0.1, -0.05) is 30.3 Å². The molecule has 0 aliphatic carbocycles. The van der Waals surface area contributed by atoms with E-state index in [1.807, 2.05) is 32.1 Å². The summed E-state index contributed by atoms with van der Waals surface area (Å²) in [5.74, 6) is 0.683. The molecule has 0 atom stereocenters. The molecule has 0 spiro atoms. The van der Waals surface area contributed by atoms with E-state index < -0.39 is 11.4 Å². The van der Waals surface area contributed by atoms with Gasteiger partial charge >= 0.3 is 0 Å². The maximum atomic E-state index is 12.9. The van der Waals surface area contributed by atoms with Crippen molar-refractivity contribution in [3.05, 3.63) is 65.2 Å². The van der Waals surface area contributed by atoms with Crippen molar-refractivity contribution in [1.82, 2.24) is 0 Å². The van der Waals surface area contributed by atoms with Gasteiger partial charge in [0, 0.05) is 17.7 Å². The number of ether oxygens (including phenoxy) is 3. The van der Waals surface area contributed by atoms with E-state index in [9.17, 15) is 9.90 Å². The third-order valence-corrected chi connectivity index (χ3v) is 4.28. The Hall–Kier alpha value is -3.21. The highest BCUT2D eigenvalue weighted by Crippen LogP contribution is 2.44. The van der Waals surface area contributed by atoms with Gasteiger partial charge < -0.3 is 19.3 Å². The molecule has 0 radical (unpaired) electrons. The van der Waals surface area contributed by atoms with E-state index in [1.165, 1.54) is 20.3 Å². The second kappa shape index (κ2) is 7.19. The van der Waals surface area contributed by atoms with E-state index in [2.05, 4.69) is 0 Å². The Kier molecular flexibility index (Phi) is 4.95. The molecule has 3 rings (SSSR count). The number of hydrogen-bond acceptors (Lipinski definition) is 5. The molecule has 27 heavy (non-hydrogen) atoms. The van der Waals surface area contributed by atoms with Crippen molar-refractivity contribution >= 4 is 17.6 Å². The number of carbonyl (C=O) groups excluding carboxylic acids is 1. The van der Waals surface area contributed by atoms with Crippen LogP contribution in [-0.4, -0.2) is 30.7 Å². The van der Waals surface area contributed by atoms with Gasteiger partial charge in [-0.3, -0.25) is 4.79 Å². The van der Waals surface area contributed by atoms with Crippen LogP contribution < -0.4 is 14.2 Å². The molecule has 2 aromatic rings. The van der Waals surface area contributed by atoms with E-state index in [1.54, 1.807) is 30.3 Å². The van der Waals surface area contributed by atoms with Gasteiger partial charge in [0.05, 0.1) is 19.8 Å². The fourth-order valence-corrected chi connectivity index (χ4v) is 2.97. The van der Waals surface area contributed by atoms with Gasteiger partial charge in [0.15, 0.2) is 5.78 Å². The van der Waals surface area contributed by atoms with Crippen LogP contribution in [0.25, 0.3) is 11.8 Å². The summed E-state index contributed by atoms with van der Waals surface area (Å²) in [7, 11) is 2.96. The average Bonchev–Trinajstić information content (AvgIpc) is 2.65. The minimum Gasteiger partial charge on any atom is -0.507 e. The maximum Gasteiger partial charge on any atom is 0.197 e. The van der Waals surface area contributed by atoms with Crippen molar-refractivity contribution in [2.24, 2.45) is 0 Å². The van der Waals surface area contributed by atoms with Crippen molar-refractivity contribution in [1.29, 1.82) is 0 Å². The smallest absolute Gasteiger partial charge is 0.197 e. The lowest BCUT2D eigenvalue weighted by Gasteiger charge is -2.29. The van der Waals surface area contributed by atoms with Gasteiger partial charge in [0.1, 0.15) is 34.2 Å². The number of benzene rings is 2. The zero-order chi connectivity index (χ0) is 19.6. The third kappa shape index (κ3) is 3.67. The number of aliphatic hydroxyl groups excluding tert-OH is 1. The summed E-state index contributed by atoms with van der Waals surface area (Å²) >= 11 is 0. The summed E-state index contributed by atoms with van der Waals surface area (Å²) in [6.45, 7) is 3.87. The standard InChI is InChI=1S/C22H22O5/c1-22(2)11-10-15-18(27-22)13-19(25-3)20(21(15)26-4)17(24)12-16(23)14-8-6-5-7-9-14/h5-13,23H,1-4H3/b16-12-.